The van der Waals surface area contributed by atoms with Crippen LogP contribution in [0.2, 0.25) is 5.02 Å². The second kappa shape index (κ2) is 7.84. The fourth-order valence-corrected chi connectivity index (χ4v) is 2.45. The maximum atomic E-state index is 13.2. The topological polar surface area (TPSA) is 63.2 Å². The normalized spacial score (nSPS) is 10.3. The van der Waals surface area contributed by atoms with Crippen LogP contribution in [0.25, 0.3) is 0 Å². The molecular formula is C19H15ClFN3O2. The molecule has 3 rings (SSSR count). The number of halogens is 2. The maximum absolute atomic E-state index is 13.2. The third-order valence-corrected chi connectivity index (χ3v) is 3.86. The molecule has 0 aliphatic heterocycles. The lowest BCUT2D eigenvalue weighted by molar-refractivity contribution is 0.102. The lowest BCUT2D eigenvalue weighted by Crippen LogP contribution is -2.12. The van der Waals surface area contributed by atoms with Gasteiger partial charge in [0.05, 0.1) is 23.4 Å². The van der Waals surface area contributed by atoms with Crippen molar-refractivity contribution < 1.29 is 13.9 Å². The Morgan fingerprint density at radius 1 is 1.15 bits per heavy atom. The van der Waals surface area contributed by atoms with E-state index in [0.717, 1.165) is 5.69 Å². The van der Waals surface area contributed by atoms with Crippen LogP contribution in [0.15, 0.2) is 60.8 Å². The van der Waals surface area contributed by atoms with Crippen LogP contribution in [0.4, 0.5) is 21.6 Å². The highest BCUT2D eigenvalue weighted by Gasteiger charge is 2.09. The molecule has 0 fully saturated rings. The monoisotopic (exact) mass is 371 g/mol. The number of rotatable bonds is 5. The van der Waals surface area contributed by atoms with Crippen LogP contribution in [0.5, 0.6) is 5.75 Å². The van der Waals surface area contributed by atoms with Crippen LogP contribution in [0.1, 0.15) is 10.4 Å². The number of ether oxygens (including phenoxy) is 1. The number of anilines is 3. The zero-order chi connectivity index (χ0) is 18.5. The number of nitrogens with one attached hydrogen (secondary N) is 2. The van der Waals surface area contributed by atoms with Crippen LogP contribution in [-0.2, 0) is 0 Å². The summed E-state index contributed by atoms with van der Waals surface area (Å²) in [5.74, 6) is 0.335. The molecule has 1 heterocycles. The fourth-order valence-electron chi connectivity index (χ4n) is 2.27. The molecule has 1 amide bonds. The van der Waals surface area contributed by atoms with Gasteiger partial charge >= 0.3 is 0 Å². The molecule has 0 aliphatic carbocycles. The Labute approximate surface area is 154 Å². The Morgan fingerprint density at radius 2 is 1.96 bits per heavy atom. The number of nitrogens with zero attached hydrogens (tertiary/aromatic N) is 1. The Hall–Kier alpha value is -3.12. The minimum atomic E-state index is -0.543. The molecule has 2 N–H and O–H groups in total. The van der Waals surface area contributed by atoms with E-state index in [1.165, 1.54) is 24.4 Å². The number of methoxy groups -OCH3 is 1. The third-order valence-electron chi connectivity index (χ3n) is 3.57. The summed E-state index contributed by atoms with van der Waals surface area (Å²) < 4.78 is 18.4. The molecule has 0 unspecified atom stereocenters. The molecule has 1 aromatic heterocycles. The van der Waals surface area contributed by atoms with Crippen molar-refractivity contribution in [1.82, 2.24) is 4.98 Å². The molecule has 26 heavy (non-hydrogen) atoms. The average Bonchev–Trinajstić information content (AvgIpc) is 2.66. The van der Waals surface area contributed by atoms with Crippen molar-refractivity contribution >= 4 is 34.7 Å². The van der Waals surface area contributed by atoms with Gasteiger partial charge in [0.1, 0.15) is 17.4 Å². The first kappa shape index (κ1) is 17.7. The SMILES string of the molecule is COc1ccccc1Nc1ccc(C(=O)Nc2ccc(F)c(Cl)c2)cn1. The number of carbonyl (C=O) groups excluding carboxylic acids is 1. The Bertz CT molecular complexity index is 932. The maximum Gasteiger partial charge on any atom is 0.257 e. The average molecular weight is 372 g/mol. The summed E-state index contributed by atoms with van der Waals surface area (Å²) in [6, 6.07) is 14.7. The molecule has 0 radical (unpaired) electrons. The van der Waals surface area contributed by atoms with E-state index in [4.69, 9.17) is 16.3 Å². The highest BCUT2D eigenvalue weighted by atomic mass is 35.5. The van der Waals surface area contributed by atoms with Gasteiger partial charge in [-0.15, -0.1) is 0 Å². The van der Waals surface area contributed by atoms with Crippen molar-refractivity contribution in [3.8, 4) is 5.75 Å². The number of benzene rings is 2. The highest BCUT2D eigenvalue weighted by molar-refractivity contribution is 6.31. The van der Waals surface area contributed by atoms with Gasteiger partial charge in [-0.25, -0.2) is 9.37 Å². The molecule has 2 aromatic carbocycles. The molecule has 0 bridgehead atoms. The van der Waals surface area contributed by atoms with Gasteiger partial charge in [0.2, 0.25) is 0 Å². The number of carbonyl (C=O) groups is 1. The number of hydrogen-bond acceptors (Lipinski definition) is 4. The second-order valence-corrected chi connectivity index (χ2v) is 5.75. The summed E-state index contributed by atoms with van der Waals surface area (Å²) in [4.78, 5) is 16.5. The molecule has 0 spiro atoms. The first-order valence-electron chi connectivity index (χ1n) is 7.69. The van der Waals surface area contributed by atoms with E-state index in [2.05, 4.69) is 15.6 Å². The van der Waals surface area contributed by atoms with Gasteiger partial charge in [-0.2, -0.15) is 0 Å². The van der Waals surface area contributed by atoms with Crippen molar-refractivity contribution in [3.63, 3.8) is 0 Å². The summed E-state index contributed by atoms with van der Waals surface area (Å²) in [6.07, 6.45) is 1.44. The second-order valence-electron chi connectivity index (χ2n) is 5.34. The van der Waals surface area contributed by atoms with Crippen LogP contribution < -0.4 is 15.4 Å². The van der Waals surface area contributed by atoms with Gasteiger partial charge < -0.3 is 15.4 Å². The molecule has 5 nitrogen and oxygen atoms in total. The first-order chi connectivity index (χ1) is 12.6. The molecule has 0 saturated heterocycles. The van der Waals surface area contributed by atoms with Crippen molar-refractivity contribution in [2.24, 2.45) is 0 Å². The van der Waals surface area contributed by atoms with E-state index in [-0.39, 0.29) is 10.9 Å². The van der Waals surface area contributed by atoms with E-state index in [9.17, 15) is 9.18 Å². The van der Waals surface area contributed by atoms with E-state index < -0.39 is 5.82 Å². The highest BCUT2D eigenvalue weighted by Crippen LogP contribution is 2.26. The van der Waals surface area contributed by atoms with Crippen LogP contribution in [0, 0.1) is 5.82 Å². The first-order valence-corrected chi connectivity index (χ1v) is 8.07. The van der Waals surface area contributed by atoms with Gasteiger partial charge in [0, 0.05) is 11.9 Å². The molecular weight excluding hydrogens is 357 g/mol. The number of pyridine rings is 1. The Morgan fingerprint density at radius 3 is 2.65 bits per heavy atom. The molecule has 7 heteroatoms. The number of hydrogen-bond donors (Lipinski definition) is 2. The van der Waals surface area contributed by atoms with Crippen molar-refractivity contribution in [1.29, 1.82) is 0 Å². The van der Waals surface area contributed by atoms with E-state index >= 15 is 0 Å². The van der Waals surface area contributed by atoms with E-state index in [1.807, 2.05) is 24.3 Å². The van der Waals surface area contributed by atoms with Crippen LogP contribution in [-0.4, -0.2) is 18.0 Å². The van der Waals surface area contributed by atoms with Gasteiger partial charge in [-0.1, -0.05) is 23.7 Å². The number of aromatic nitrogens is 1. The van der Waals surface area contributed by atoms with Gasteiger partial charge in [-0.3, -0.25) is 4.79 Å². The number of para-hydroxylation sites is 2. The van der Waals surface area contributed by atoms with Crippen molar-refractivity contribution in [2.75, 3.05) is 17.7 Å². The van der Waals surface area contributed by atoms with Crippen LogP contribution in [0.3, 0.4) is 0 Å². The number of amides is 1. The molecule has 3 aromatic rings. The predicted molar refractivity (Wildman–Crippen MR) is 99.9 cm³/mol. The smallest absolute Gasteiger partial charge is 0.257 e. The lowest BCUT2D eigenvalue weighted by Gasteiger charge is -2.10. The Kier molecular flexibility index (Phi) is 5.34. The van der Waals surface area contributed by atoms with Crippen molar-refractivity contribution in [3.05, 3.63) is 77.2 Å². The summed E-state index contributed by atoms with van der Waals surface area (Å²) in [5.41, 5.74) is 1.52. The van der Waals surface area contributed by atoms with Crippen molar-refractivity contribution in [2.45, 2.75) is 0 Å². The summed E-state index contributed by atoms with van der Waals surface area (Å²) in [5, 5.41) is 5.71. The zero-order valence-corrected chi connectivity index (χ0v) is 14.5. The molecule has 0 atom stereocenters. The minimum absolute atomic E-state index is 0.0581. The van der Waals surface area contributed by atoms with Gasteiger partial charge in [0.15, 0.2) is 0 Å². The molecule has 0 aliphatic rings. The zero-order valence-electron chi connectivity index (χ0n) is 13.8. The third kappa shape index (κ3) is 4.10. The fraction of sp³-hybridized carbons (Fsp3) is 0.0526. The largest absolute Gasteiger partial charge is 0.495 e. The van der Waals surface area contributed by atoms with Gasteiger partial charge in [0.25, 0.3) is 5.91 Å². The van der Waals surface area contributed by atoms with Crippen LogP contribution >= 0.6 is 11.6 Å². The summed E-state index contributed by atoms with van der Waals surface area (Å²) in [6.45, 7) is 0. The molecule has 0 saturated carbocycles. The Balaban J connectivity index is 1.70. The predicted octanol–water partition coefficient (Wildman–Crippen LogP) is 4.88. The van der Waals surface area contributed by atoms with E-state index in [0.29, 0.717) is 22.8 Å². The van der Waals surface area contributed by atoms with Gasteiger partial charge in [-0.05, 0) is 42.5 Å². The summed E-state index contributed by atoms with van der Waals surface area (Å²) in [7, 11) is 1.59. The standard InChI is InChI=1S/C19H15ClFN3O2/c1-26-17-5-3-2-4-16(17)24-18-9-6-12(11-22-18)19(25)23-13-7-8-15(21)14(20)10-13/h2-11H,1H3,(H,22,24)(H,23,25). The quantitative estimate of drug-likeness (QED) is 0.671. The summed E-state index contributed by atoms with van der Waals surface area (Å²) >= 11 is 5.71. The van der Waals surface area contributed by atoms with E-state index in [1.54, 1.807) is 19.2 Å². The lowest BCUT2D eigenvalue weighted by atomic mass is 10.2. The molecule has 132 valence electrons. The minimum Gasteiger partial charge on any atom is -0.495 e.